The summed E-state index contributed by atoms with van der Waals surface area (Å²) in [7, 11) is -3.38. The SMILES string of the molecule is CC1CN(S(=O)(=O)c2csc(CCl)c2)CCO1. The molecule has 0 aliphatic carbocycles. The summed E-state index contributed by atoms with van der Waals surface area (Å²) in [6.07, 6.45) is -0.0512. The Morgan fingerprint density at radius 1 is 1.65 bits per heavy atom. The molecular weight excluding hydrogens is 282 g/mol. The number of ether oxygens (including phenoxy) is 1. The van der Waals surface area contributed by atoms with Gasteiger partial charge < -0.3 is 4.74 Å². The molecule has 0 amide bonds. The van der Waals surface area contributed by atoms with Crippen molar-refractivity contribution in [3.63, 3.8) is 0 Å². The van der Waals surface area contributed by atoms with Crippen LogP contribution in [0.15, 0.2) is 16.3 Å². The van der Waals surface area contributed by atoms with E-state index in [1.165, 1.54) is 15.6 Å². The van der Waals surface area contributed by atoms with Crippen molar-refractivity contribution in [2.24, 2.45) is 0 Å². The Morgan fingerprint density at radius 2 is 2.41 bits per heavy atom. The molecule has 0 spiro atoms. The largest absolute Gasteiger partial charge is 0.376 e. The number of rotatable bonds is 3. The van der Waals surface area contributed by atoms with E-state index in [-0.39, 0.29) is 6.10 Å². The Morgan fingerprint density at radius 3 is 3.00 bits per heavy atom. The number of sulfonamides is 1. The van der Waals surface area contributed by atoms with Crippen LogP contribution in [0.4, 0.5) is 0 Å². The molecule has 0 saturated carbocycles. The number of morpholine rings is 1. The summed E-state index contributed by atoms with van der Waals surface area (Å²) >= 11 is 7.05. The first-order valence-corrected chi connectivity index (χ1v) is 8.14. The summed E-state index contributed by atoms with van der Waals surface area (Å²) in [6.45, 7) is 3.15. The molecule has 0 aromatic carbocycles. The lowest BCUT2D eigenvalue weighted by atomic mass is 10.3. The molecule has 2 heterocycles. The Kier molecular flexibility index (Phi) is 4.10. The summed E-state index contributed by atoms with van der Waals surface area (Å²) in [5.74, 6) is 0.347. The molecule has 96 valence electrons. The van der Waals surface area contributed by atoms with Gasteiger partial charge in [-0.15, -0.1) is 22.9 Å². The average molecular weight is 296 g/mol. The van der Waals surface area contributed by atoms with Gasteiger partial charge in [0.05, 0.1) is 23.5 Å². The average Bonchev–Trinajstić information content (AvgIpc) is 2.78. The van der Waals surface area contributed by atoms with Gasteiger partial charge in [-0.05, 0) is 13.0 Å². The maximum Gasteiger partial charge on any atom is 0.244 e. The van der Waals surface area contributed by atoms with E-state index in [0.717, 1.165) is 4.88 Å². The van der Waals surface area contributed by atoms with Gasteiger partial charge in [0.25, 0.3) is 0 Å². The highest BCUT2D eigenvalue weighted by atomic mass is 35.5. The molecule has 17 heavy (non-hydrogen) atoms. The molecule has 1 saturated heterocycles. The van der Waals surface area contributed by atoms with E-state index in [1.54, 1.807) is 11.4 Å². The summed E-state index contributed by atoms with van der Waals surface area (Å²) in [5.41, 5.74) is 0. The van der Waals surface area contributed by atoms with Crippen LogP contribution >= 0.6 is 22.9 Å². The molecule has 1 aromatic heterocycles. The maximum atomic E-state index is 12.3. The third-order valence-electron chi connectivity index (χ3n) is 2.60. The van der Waals surface area contributed by atoms with Crippen molar-refractivity contribution < 1.29 is 13.2 Å². The zero-order valence-electron chi connectivity index (χ0n) is 9.43. The van der Waals surface area contributed by atoms with Crippen molar-refractivity contribution >= 4 is 33.0 Å². The second kappa shape index (κ2) is 5.24. The van der Waals surface area contributed by atoms with Crippen LogP contribution in [0, 0.1) is 0 Å². The predicted molar refractivity (Wildman–Crippen MR) is 68.0 cm³/mol. The molecule has 1 atom stereocenters. The summed E-state index contributed by atoms with van der Waals surface area (Å²) in [5, 5.41) is 1.65. The predicted octanol–water partition coefficient (Wildman–Crippen LogP) is 1.90. The highest BCUT2D eigenvalue weighted by Gasteiger charge is 2.29. The van der Waals surface area contributed by atoms with Gasteiger partial charge in [-0.25, -0.2) is 8.42 Å². The van der Waals surface area contributed by atoms with Gasteiger partial charge in [-0.2, -0.15) is 4.31 Å². The van der Waals surface area contributed by atoms with Gasteiger partial charge in [0.15, 0.2) is 0 Å². The molecule has 1 fully saturated rings. The van der Waals surface area contributed by atoms with Crippen LogP contribution in [0.2, 0.25) is 0 Å². The lowest BCUT2D eigenvalue weighted by Gasteiger charge is -2.29. The number of halogens is 1. The van der Waals surface area contributed by atoms with Gasteiger partial charge in [-0.1, -0.05) is 0 Å². The van der Waals surface area contributed by atoms with Crippen LogP contribution in [0.5, 0.6) is 0 Å². The molecule has 1 aliphatic heterocycles. The Bertz CT molecular complexity index is 485. The quantitative estimate of drug-likeness (QED) is 0.800. The fraction of sp³-hybridized carbons (Fsp3) is 0.600. The maximum absolute atomic E-state index is 12.3. The van der Waals surface area contributed by atoms with Crippen LogP contribution in [0.3, 0.4) is 0 Å². The normalized spacial score (nSPS) is 22.8. The number of alkyl halides is 1. The van der Waals surface area contributed by atoms with Crippen LogP contribution in [0.25, 0.3) is 0 Å². The molecule has 0 bridgehead atoms. The van der Waals surface area contributed by atoms with E-state index < -0.39 is 10.0 Å². The molecule has 1 aromatic rings. The van der Waals surface area contributed by atoms with E-state index in [0.29, 0.717) is 30.5 Å². The number of thiophene rings is 1. The Balaban J connectivity index is 2.23. The summed E-state index contributed by atoms with van der Waals surface area (Å²) in [6, 6.07) is 1.65. The minimum atomic E-state index is -3.38. The lowest BCUT2D eigenvalue weighted by Crippen LogP contribution is -2.44. The van der Waals surface area contributed by atoms with Gasteiger partial charge in [0.1, 0.15) is 0 Å². The molecule has 0 N–H and O–H groups in total. The van der Waals surface area contributed by atoms with Crippen LogP contribution < -0.4 is 0 Å². The molecule has 1 unspecified atom stereocenters. The molecule has 7 heteroatoms. The molecule has 4 nitrogen and oxygen atoms in total. The van der Waals surface area contributed by atoms with E-state index in [1.807, 2.05) is 6.92 Å². The fourth-order valence-corrected chi connectivity index (χ4v) is 4.60. The Labute approximate surface area is 110 Å². The van der Waals surface area contributed by atoms with Gasteiger partial charge in [-0.3, -0.25) is 0 Å². The van der Waals surface area contributed by atoms with Crippen molar-refractivity contribution in [2.45, 2.75) is 23.8 Å². The number of hydrogen-bond acceptors (Lipinski definition) is 4. The molecular formula is C10H14ClNO3S2. The lowest BCUT2D eigenvalue weighted by molar-refractivity contribution is 0.0102. The second-order valence-electron chi connectivity index (χ2n) is 3.93. The summed E-state index contributed by atoms with van der Waals surface area (Å²) in [4.78, 5) is 1.21. The van der Waals surface area contributed by atoms with Crippen molar-refractivity contribution in [2.75, 3.05) is 19.7 Å². The zero-order valence-corrected chi connectivity index (χ0v) is 11.8. The first-order valence-electron chi connectivity index (χ1n) is 5.29. The highest BCUT2D eigenvalue weighted by molar-refractivity contribution is 7.89. The highest BCUT2D eigenvalue weighted by Crippen LogP contribution is 2.25. The van der Waals surface area contributed by atoms with Gasteiger partial charge in [0.2, 0.25) is 10.0 Å². The van der Waals surface area contributed by atoms with Crippen molar-refractivity contribution in [1.82, 2.24) is 4.31 Å². The monoisotopic (exact) mass is 295 g/mol. The van der Waals surface area contributed by atoms with E-state index >= 15 is 0 Å². The number of hydrogen-bond donors (Lipinski definition) is 0. The fourth-order valence-electron chi connectivity index (χ4n) is 1.72. The van der Waals surface area contributed by atoms with Crippen molar-refractivity contribution in [1.29, 1.82) is 0 Å². The van der Waals surface area contributed by atoms with Crippen molar-refractivity contribution in [3.05, 3.63) is 16.3 Å². The smallest absolute Gasteiger partial charge is 0.244 e. The minimum absolute atomic E-state index is 0.0512. The number of nitrogens with zero attached hydrogens (tertiary/aromatic N) is 1. The van der Waals surface area contributed by atoms with Gasteiger partial charge >= 0.3 is 0 Å². The second-order valence-corrected chi connectivity index (χ2v) is 7.13. The Hall–Kier alpha value is -0.140. The first-order chi connectivity index (χ1) is 8.04. The minimum Gasteiger partial charge on any atom is -0.376 e. The molecule has 1 aliphatic rings. The first kappa shape index (κ1) is 13.3. The summed E-state index contributed by atoms with van der Waals surface area (Å²) < 4.78 is 31.4. The zero-order chi connectivity index (χ0) is 12.5. The van der Waals surface area contributed by atoms with Crippen molar-refractivity contribution in [3.8, 4) is 0 Å². The van der Waals surface area contributed by atoms with E-state index in [4.69, 9.17) is 16.3 Å². The standard InChI is InChI=1S/C10H14ClNO3S2/c1-8-6-12(2-3-15-8)17(13,14)10-4-9(5-11)16-7-10/h4,7-8H,2-3,5-6H2,1H3. The van der Waals surface area contributed by atoms with Crippen LogP contribution in [0.1, 0.15) is 11.8 Å². The molecule has 2 rings (SSSR count). The molecule has 0 radical (unpaired) electrons. The van der Waals surface area contributed by atoms with E-state index in [2.05, 4.69) is 0 Å². The van der Waals surface area contributed by atoms with E-state index in [9.17, 15) is 8.42 Å². The third-order valence-corrected chi connectivity index (χ3v) is 5.98. The van der Waals surface area contributed by atoms with Crippen LogP contribution in [-0.4, -0.2) is 38.5 Å². The topological polar surface area (TPSA) is 46.6 Å². The third kappa shape index (κ3) is 2.82. The van der Waals surface area contributed by atoms with Gasteiger partial charge in [0, 0.05) is 23.3 Å². The van der Waals surface area contributed by atoms with Crippen LogP contribution in [-0.2, 0) is 20.6 Å².